The quantitative estimate of drug-likeness (QED) is 0.671. The molecule has 1 rings (SSSR count). The zero-order valence-corrected chi connectivity index (χ0v) is 9.94. The molecule has 0 spiro atoms. The first-order chi connectivity index (χ1) is 9.20. The lowest BCUT2D eigenvalue weighted by Crippen LogP contribution is -2.38. The molecule has 0 radical (unpaired) electrons. The van der Waals surface area contributed by atoms with Gasteiger partial charge in [-0.3, -0.25) is 0 Å². The van der Waals surface area contributed by atoms with Gasteiger partial charge in [-0.15, -0.1) is 0 Å². The molecule has 0 aliphatic carbocycles. The van der Waals surface area contributed by atoms with Crippen molar-refractivity contribution >= 4 is 17.7 Å². The molecular weight excluding hydrogens is 281 g/mol. The number of carboxylic acids is 1. The van der Waals surface area contributed by atoms with Crippen LogP contribution in [0.1, 0.15) is 5.56 Å². The van der Waals surface area contributed by atoms with Gasteiger partial charge in [-0.25, -0.2) is 9.59 Å². The van der Waals surface area contributed by atoms with E-state index in [4.69, 9.17) is 10.2 Å². The molecule has 1 aromatic rings. The predicted octanol–water partition coefficient (Wildman–Crippen LogP) is 1.27. The fraction of sp³-hybridized carbons (Fsp3) is 0.273. The minimum Gasteiger partial charge on any atom is -0.479 e. The number of aliphatic hydroxyl groups is 1. The summed E-state index contributed by atoms with van der Waals surface area (Å²) in [7, 11) is 0. The maximum absolute atomic E-state index is 12.4. The summed E-state index contributed by atoms with van der Waals surface area (Å²) in [6.45, 7) is -0.569. The number of aliphatic hydroxyl groups excluding tert-OH is 1. The van der Waals surface area contributed by atoms with Gasteiger partial charge < -0.3 is 20.8 Å². The molecule has 6 nitrogen and oxygen atoms in total. The number of aliphatic carboxylic acids is 1. The maximum atomic E-state index is 12.4. The Morgan fingerprint density at radius 2 is 1.95 bits per heavy atom. The number of rotatable bonds is 4. The number of carboxylic acid groups (broad SMARTS) is 1. The van der Waals surface area contributed by atoms with E-state index in [1.807, 2.05) is 5.32 Å². The summed E-state index contributed by atoms with van der Waals surface area (Å²) in [6.07, 6.45) is -6.32. The first kappa shape index (κ1) is 15.8. The molecule has 0 aromatic heterocycles. The van der Waals surface area contributed by atoms with Crippen molar-refractivity contribution in [2.45, 2.75) is 12.3 Å². The molecule has 1 aromatic carbocycles. The molecule has 0 aliphatic rings. The molecular formula is C11H11F3N2O4. The Kier molecular flexibility index (Phi) is 4.92. The minimum atomic E-state index is -4.53. The summed E-state index contributed by atoms with van der Waals surface area (Å²) < 4.78 is 37.3. The second-order valence-electron chi connectivity index (χ2n) is 3.77. The highest BCUT2D eigenvalue weighted by atomic mass is 19.4. The number of urea groups is 1. The lowest BCUT2D eigenvalue weighted by molar-refractivity contribution is -0.146. The number of carbonyl (C=O) groups excluding carboxylic acids is 1. The average Bonchev–Trinajstić information content (AvgIpc) is 2.35. The molecule has 20 heavy (non-hydrogen) atoms. The molecule has 9 heteroatoms. The number of hydrogen-bond acceptors (Lipinski definition) is 3. The van der Waals surface area contributed by atoms with Gasteiger partial charge in [0.15, 0.2) is 6.10 Å². The van der Waals surface area contributed by atoms with E-state index >= 15 is 0 Å². The van der Waals surface area contributed by atoms with E-state index in [0.29, 0.717) is 0 Å². The van der Waals surface area contributed by atoms with Gasteiger partial charge in [-0.1, -0.05) is 6.07 Å². The molecule has 0 saturated heterocycles. The van der Waals surface area contributed by atoms with Crippen LogP contribution in [0.3, 0.4) is 0 Å². The van der Waals surface area contributed by atoms with E-state index in [1.54, 1.807) is 0 Å². The Bertz CT molecular complexity index is 505. The highest BCUT2D eigenvalue weighted by Gasteiger charge is 2.30. The van der Waals surface area contributed by atoms with Crippen LogP contribution in [0.2, 0.25) is 0 Å². The molecule has 0 unspecified atom stereocenters. The summed E-state index contributed by atoms with van der Waals surface area (Å²) in [6, 6.07) is 3.00. The zero-order chi connectivity index (χ0) is 15.3. The van der Waals surface area contributed by atoms with E-state index in [-0.39, 0.29) is 5.69 Å². The number of nitrogens with one attached hydrogen (secondary N) is 2. The van der Waals surface area contributed by atoms with Crippen LogP contribution in [0.4, 0.5) is 23.7 Å². The van der Waals surface area contributed by atoms with E-state index in [1.165, 1.54) is 6.07 Å². The molecule has 0 bridgehead atoms. The largest absolute Gasteiger partial charge is 0.479 e. The van der Waals surface area contributed by atoms with Gasteiger partial charge in [-0.05, 0) is 18.2 Å². The van der Waals surface area contributed by atoms with Crippen LogP contribution < -0.4 is 10.6 Å². The Labute approximate surface area is 111 Å². The summed E-state index contributed by atoms with van der Waals surface area (Å²) in [5.74, 6) is -1.52. The van der Waals surface area contributed by atoms with Gasteiger partial charge in [0, 0.05) is 5.69 Å². The van der Waals surface area contributed by atoms with E-state index < -0.39 is 36.4 Å². The van der Waals surface area contributed by atoms with Gasteiger partial charge in [-0.2, -0.15) is 13.2 Å². The van der Waals surface area contributed by atoms with Gasteiger partial charge in [0.2, 0.25) is 0 Å². The lowest BCUT2D eigenvalue weighted by Gasteiger charge is -2.11. The number of hydrogen-bond donors (Lipinski definition) is 4. The summed E-state index contributed by atoms with van der Waals surface area (Å²) in [5.41, 5.74) is -1.04. The topological polar surface area (TPSA) is 98.7 Å². The lowest BCUT2D eigenvalue weighted by atomic mass is 10.2. The average molecular weight is 292 g/mol. The van der Waals surface area contributed by atoms with Crippen LogP contribution in [-0.2, 0) is 11.0 Å². The number of carbonyl (C=O) groups is 2. The number of benzene rings is 1. The Morgan fingerprint density at radius 1 is 1.30 bits per heavy atom. The molecule has 0 saturated carbocycles. The highest BCUT2D eigenvalue weighted by molar-refractivity contribution is 5.89. The van der Waals surface area contributed by atoms with Crippen LogP contribution in [-0.4, -0.2) is 34.9 Å². The van der Waals surface area contributed by atoms with Crippen molar-refractivity contribution < 1.29 is 33.0 Å². The highest BCUT2D eigenvalue weighted by Crippen LogP contribution is 2.30. The zero-order valence-electron chi connectivity index (χ0n) is 9.94. The predicted molar refractivity (Wildman–Crippen MR) is 62.1 cm³/mol. The molecule has 2 amide bonds. The van der Waals surface area contributed by atoms with Crippen molar-refractivity contribution in [2.24, 2.45) is 0 Å². The van der Waals surface area contributed by atoms with Crippen LogP contribution >= 0.6 is 0 Å². The SMILES string of the molecule is O=C(NC[C@H](O)C(=O)O)Nc1cccc(C(F)(F)F)c1. The van der Waals surface area contributed by atoms with Crippen molar-refractivity contribution in [3.63, 3.8) is 0 Å². The van der Waals surface area contributed by atoms with Crippen molar-refractivity contribution in [2.75, 3.05) is 11.9 Å². The van der Waals surface area contributed by atoms with E-state index in [9.17, 15) is 22.8 Å². The van der Waals surface area contributed by atoms with Crippen LogP contribution in [0.5, 0.6) is 0 Å². The molecule has 0 heterocycles. The maximum Gasteiger partial charge on any atom is 0.416 e. The van der Waals surface area contributed by atoms with Crippen molar-refractivity contribution in [1.29, 1.82) is 0 Å². The van der Waals surface area contributed by atoms with Crippen molar-refractivity contribution in [3.05, 3.63) is 29.8 Å². The normalized spacial score (nSPS) is 12.6. The Morgan fingerprint density at radius 3 is 2.50 bits per heavy atom. The fourth-order valence-corrected chi connectivity index (χ4v) is 1.23. The van der Waals surface area contributed by atoms with Crippen LogP contribution in [0, 0.1) is 0 Å². The number of halogens is 3. The standard InChI is InChI=1S/C11H11F3N2O4/c12-11(13,14)6-2-1-3-7(4-6)16-10(20)15-5-8(17)9(18)19/h1-4,8,17H,5H2,(H,18,19)(H2,15,16,20)/t8-/m0/s1. The van der Waals surface area contributed by atoms with E-state index in [2.05, 4.69) is 5.32 Å². The third-order valence-corrected chi connectivity index (χ3v) is 2.19. The number of alkyl halides is 3. The van der Waals surface area contributed by atoms with Crippen molar-refractivity contribution in [1.82, 2.24) is 5.32 Å². The molecule has 4 N–H and O–H groups in total. The Balaban J connectivity index is 2.61. The third-order valence-electron chi connectivity index (χ3n) is 2.19. The molecule has 110 valence electrons. The van der Waals surface area contributed by atoms with Gasteiger partial charge in [0.1, 0.15) is 0 Å². The van der Waals surface area contributed by atoms with E-state index in [0.717, 1.165) is 18.2 Å². The minimum absolute atomic E-state index is 0.109. The van der Waals surface area contributed by atoms with Crippen molar-refractivity contribution in [3.8, 4) is 0 Å². The summed E-state index contributed by atoms with van der Waals surface area (Å²) in [4.78, 5) is 21.6. The van der Waals surface area contributed by atoms with Crippen LogP contribution in [0.25, 0.3) is 0 Å². The number of anilines is 1. The smallest absolute Gasteiger partial charge is 0.416 e. The second-order valence-corrected chi connectivity index (χ2v) is 3.77. The second kappa shape index (κ2) is 6.24. The molecule has 1 atom stereocenters. The van der Waals surface area contributed by atoms with Gasteiger partial charge in [0.05, 0.1) is 12.1 Å². The molecule has 0 aliphatic heterocycles. The van der Waals surface area contributed by atoms with Crippen LogP contribution in [0.15, 0.2) is 24.3 Å². The molecule has 0 fully saturated rings. The first-order valence-corrected chi connectivity index (χ1v) is 5.33. The number of amides is 2. The summed E-state index contributed by atoms with van der Waals surface area (Å²) in [5, 5.41) is 21.4. The van der Waals surface area contributed by atoms with Gasteiger partial charge in [0.25, 0.3) is 0 Å². The Hall–Kier alpha value is -2.29. The first-order valence-electron chi connectivity index (χ1n) is 5.33. The fourth-order valence-electron chi connectivity index (χ4n) is 1.23. The van der Waals surface area contributed by atoms with Gasteiger partial charge >= 0.3 is 18.2 Å². The summed E-state index contributed by atoms with van der Waals surface area (Å²) >= 11 is 0. The third kappa shape index (κ3) is 4.76. The monoisotopic (exact) mass is 292 g/mol.